The van der Waals surface area contributed by atoms with Crippen molar-refractivity contribution in [2.45, 2.75) is 51.7 Å². The number of aliphatic hydroxyl groups excluding tert-OH is 1. The van der Waals surface area contributed by atoms with Gasteiger partial charge in [0.1, 0.15) is 17.8 Å². The van der Waals surface area contributed by atoms with E-state index in [4.69, 9.17) is 0 Å². The molecule has 6 nitrogen and oxygen atoms in total. The molecule has 24 heavy (non-hydrogen) atoms. The van der Waals surface area contributed by atoms with E-state index in [1.54, 1.807) is 6.33 Å². The Morgan fingerprint density at radius 2 is 2.12 bits per heavy atom. The number of fused-ring (bicyclic) bond motifs is 1. The molecule has 3 unspecified atom stereocenters. The van der Waals surface area contributed by atoms with Crippen molar-refractivity contribution in [3.8, 4) is 0 Å². The van der Waals surface area contributed by atoms with Crippen molar-refractivity contribution >= 4 is 16.9 Å². The van der Waals surface area contributed by atoms with Gasteiger partial charge in [0.15, 0.2) is 0 Å². The summed E-state index contributed by atoms with van der Waals surface area (Å²) in [7, 11) is 0. The highest BCUT2D eigenvalue weighted by Crippen LogP contribution is 2.39. The van der Waals surface area contributed by atoms with Gasteiger partial charge >= 0.3 is 0 Å². The predicted octanol–water partition coefficient (Wildman–Crippen LogP) is 2.33. The summed E-state index contributed by atoms with van der Waals surface area (Å²) < 4.78 is 0. The van der Waals surface area contributed by atoms with Crippen LogP contribution in [-0.4, -0.2) is 50.0 Å². The molecule has 0 spiro atoms. The molecule has 1 fully saturated rings. The molecule has 3 rings (SSSR count). The first kappa shape index (κ1) is 17.2. The van der Waals surface area contributed by atoms with Crippen molar-refractivity contribution in [2.75, 3.05) is 18.1 Å². The lowest BCUT2D eigenvalue weighted by Gasteiger charge is -2.45. The van der Waals surface area contributed by atoms with Crippen molar-refractivity contribution < 1.29 is 10.2 Å². The molecule has 3 atom stereocenters. The molecular formula is C18H28N4O2. The van der Waals surface area contributed by atoms with Crippen LogP contribution in [0, 0.1) is 11.8 Å². The first-order chi connectivity index (χ1) is 11.4. The van der Waals surface area contributed by atoms with Crippen molar-refractivity contribution in [1.29, 1.82) is 0 Å². The van der Waals surface area contributed by atoms with E-state index in [0.717, 1.165) is 36.1 Å². The van der Waals surface area contributed by atoms with Gasteiger partial charge in [0.05, 0.1) is 17.6 Å². The SMILES string of the molecule is CC1CCC(C(C)(C)O)CC1N(CCO)c1ncnc2[nH]ccc12. The van der Waals surface area contributed by atoms with Gasteiger partial charge in [-0.2, -0.15) is 0 Å². The Kier molecular flexibility index (Phi) is 4.78. The number of H-pyrrole nitrogens is 1. The predicted molar refractivity (Wildman–Crippen MR) is 94.9 cm³/mol. The van der Waals surface area contributed by atoms with E-state index < -0.39 is 5.60 Å². The highest BCUT2D eigenvalue weighted by atomic mass is 16.3. The van der Waals surface area contributed by atoms with Crippen molar-refractivity contribution in [2.24, 2.45) is 11.8 Å². The van der Waals surface area contributed by atoms with E-state index >= 15 is 0 Å². The van der Waals surface area contributed by atoms with Crippen LogP contribution in [0.25, 0.3) is 11.0 Å². The first-order valence-electron chi connectivity index (χ1n) is 8.79. The molecule has 1 aliphatic carbocycles. The van der Waals surface area contributed by atoms with Crippen LogP contribution in [0.2, 0.25) is 0 Å². The van der Waals surface area contributed by atoms with Gasteiger partial charge in [0.25, 0.3) is 0 Å². The summed E-state index contributed by atoms with van der Waals surface area (Å²) in [6.07, 6.45) is 6.45. The van der Waals surface area contributed by atoms with E-state index in [0.29, 0.717) is 12.5 Å². The van der Waals surface area contributed by atoms with Crippen molar-refractivity contribution in [1.82, 2.24) is 15.0 Å². The average Bonchev–Trinajstić information content (AvgIpc) is 3.01. The lowest BCUT2D eigenvalue weighted by molar-refractivity contribution is -0.00998. The lowest BCUT2D eigenvalue weighted by atomic mass is 9.72. The number of hydrogen-bond donors (Lipinski definition) is 3. The molecule has 0 amide bonds. The van der Waals surface area contributed by atoms with E-state index in [2.05, 4.69) is 26.8 Å². The second-order valence-corrected chi connectivity index (χ2v) is 7.56. The van der Waals surface area contributed by atoms with Crippen LogP contribution in [-0.2, 0) is 0 Å². The second kappa shape index (κ2) is 6.69. The molecule has 2 aromatic rings. The maximum Gasteiger partial charge on any atom is 0.142 e. The van der Waals surface area contributed by atoms with Gasteiger partial charge in [-0.25, -0.2) is 9.97 Å². The van der Waals surface area contributed by atoms with Crippen molar-refractivity contribution in [3.63, 3.8) is 0 Å². The fraction of sp³-hybridized carbons (Fsp3) is 0.667. The van der Waals surface area contributed by atoms with Gasteiger partial charge in [0, 0.05) is 18.8 Å². The maximum absolute atomic E-state index is 10.5. The quantitative estimate of drug-likeness (QED) is 0.782. The number of aliphatic hydroxyl groups is 2. The number of nitrogens with one attached hydrogen (secondary N) is 1. The van der Waals surface area contributed by atoms with Crippen LogP contribution in [0.5, 0.6) is 0 Å². The zero-order valence-corrected chi connectivity index (χ0v) is 14.7. The van der Waals surface area contributed by atoms with Crippen molar-refractivity contribution in [3.05, 3.63) is 18.6 Å². The van der Waals surface area contributed by atoms with E-state index in [1.807, 2.05) is 26.1 Å². The van der Waals surface area contributed by atoms with Crippen LogP contribution in [0.1, 0.15) is 40.0 Å². The molecule has 0 aromatic carbocycles. The molecule has 0 bridgehead atoms. The highest BCUT2D eigenvalue weighted by Gasteiger charge is 2.38. The molecule has 0 saturated heterocycles. The summed E-state index contributed by atoms with van der Waals surface area (Å²) in [5.74, 6) is 1.60. The standard InChI is InChI=1S/C18H28N4O2/c1-12-4-5-13(18(2,3)24)10-15(12)22(8-9-23)17-14-6-7-19-16(14)20-11-21-17/h6-7,11-13,15,23-24H,4-5,8-10H2,1-3H3,(H,19,20,21). The summed E-state index contributed by atoms with van der Waals surface area (Å²) in [5, 5.41) is 21.1. The monoisotopic (exact) mass is 332 g/mol. The molecule has 1 aliphatic rings. The molecule has 1 saturated carbocycles. The average molecular weight is 332 g/mol. The number of aromatic nitrogens is 3. The Morgan fingerprint density at radius 1 is 1.33 bits per heavy atom. The Hall–Kier alpha value is -1.66. The van der Waals surface area contributed by atoms with Crippen LogP contribution in [0.15, 0.2) is 18.6 Å². The smallest absolute Gasteiger partial charge is 0.142 e. The van der Waals surface area contributed by atoms with Crippen LogP contribution < -0.4 is 4.90 Å². The Labute approximate surface area is 142 Å². The summed E-state index contributed by atoms with van der Waals surface area (Å²) in [6, 6.07) is 2.23. The number of aromatic amines is 1. The molecule has 132 valence electrons. The normalized spacial score (nSPS) is 25.1. The largest absolute Gasteiger partial charge is 0.395 e. The van der Waals surface area contributed by atoms with Crippen LogP contribution >= 0.6 is 0 Å². The fourth-order valence-corrected chi connectivity index (χ4v) is 4.00. The number of nitrogens with zero attached hydrogens (tertiary/aromatic N) is 3. The summed E-state index contributed by atoms with van der Waals surface area (Å²) in [6.45, 7) is 6.66. The van der Waals surface area contributed by atoms with Gasteiger partial charge < -0.3 is 20.1 Å². The third kappa shape index (κ3) is 3.26. The van der Waals surface area contributed by atoms with Gasteiger partial charge in [-0.05, 0) is 51.0 Å². The molecule has 0 radical (unpaired) electrons. The van der Waals surface area contributed by atoms with Crippen LogP contribution in [0.4, 0.5) is 5.82 Å². The van der Waals surface area contributed by atoms with E-state index in [9.17, 15) is 10.2 Å². The highest BCUT2D eigenvalue weighted by molar-refractivity contribution is 5.87. The fourth-order valence-electron chi connectivity index (χ4n) is 4.00. The third-order valence-electron chi connectivity index (χ3n) is 5.50. The summed E-state index contributed by atoms with van der Waals surface area (Å²) in [5.41, 5.74) is 0.128. The second-order valence-electron chi connectivity index (χ2n) is 7.56. The molecular weight excluding hydrogens is 304 g/mol. The number of anilines is 1. The zero-order valence-electron chi connectivity index (χ0n) is 14.7. The summed E-state index contributed by atoms with van der Waals surface area (Å²) in [4.78, 5) is 14.1. The third-order valence-corrected chi connectivity index (χ3v) is 5.50. The minimum atomic E-state index is -0.682. The lowest BCUT2D eigenvalue weighted by Crippen LogP contribution is -2.49. The van der Waals surface area contributed by atoms with Gasteiger partial charge in [-0.1, -0.05) is 6.92 Å². The molecule has 6 heteroatoms. The first-order valence-corrected chi connectivity index (χ1v) is 8.79. The van der Waals surface area contributed by atoms with Gasteiger partial charge in [-0.3, -0.25) is 0 Å². The minimum absolute atomic E-state index is 0.0757. The minimum Gasteiger partial charge on any atom is -0.395 e. The van der Waals surface area contributed by atoms with E-state index in [1.165, 1.54) is 0 Å². The van der Waals surface area contributed by atoms with Crippen LogP contribution in [0.3, 0.4) is 0 Å². The summed E-state index contributed by atoms with van der Waals surface area (Å²) >= 11 is 0. The molecule has 3 N–H and O–H groups in total. The Morgan fingerprint density at radius 3 is 2.83 bits per heavy atom. The molecule has 2 aromatic heterocycles. The maximum atomic E-state index is 10.5. The topological polar surface area (TPSA) is 85.3 Å². The zero-order chi connectivity index (χ0) is 17.3. The molecule has 0 aliphatic heterocycles. The number of hydrogen-bond acceptors (Lipinski definition) is 5. The Balaban J connectivity index is 1.96. The Bertz CT molecular complexity index is 679. The van der Waals surface area contributed by atoms with Gasteiger partial charge in [0.2, 0.25) is 0 Å². The number of rotatable bonds is 5. The van der Waals surface area contributed by atoms with E-state index in [-0.39, 0.29) is 18.6 Å². The molecule has 2 heterocycles. The van der Waals surface area contributed by atoms with Gasteiger partial charge in [-0.15, -0.1) is 0 Å².